The van der Waals surface area contributed by atoms with Gasteiger partial charge in [0, 0.05) is 30.5 Å². The normalized spacial score (nSPS) is 31.8. The summed E-state index contributed by atoms with van der Waals surface area (Å²) in [5, 5.41) is 2.85. The van der Waals surface area contributed by atoms with E-state index in [2.05, 4.69) is 41.4 Å². The second-order valence-electron chi connectivity index (χ2n) is 8.29. The van der Waals surface area contributed by atoms with Gasteiger partial charge in [0.25, 0.3) is 0 Å². The van der Waals surface area contributed by atoms with Crippen molar-refractivity contribution in [2.24, 2.45) is 11.8 Å². The van der Waals surface area contributed by atoms with Gasteiger partial charge in [-0.1, -0.05) is 36.8 Å². The van der Waals surface area contributed by atoms with Gasteiger partial charge in [-0.25, -0.2) is 4.79 Å². The number of hydrogen-bond acceptors (Lipinski definition) is 3. The van der Waals surface area contributed by atoms with Crippen LogP contribution < -0.4 is 5.32 Å². The number of amides is 2. The van der Waals surface area contributed by atoms with E-state index in [1.54, 1.807) is 0 Å². The van der Waals surface area contributed by atoms with Gasteiger partial charge in [-0.15, -0.1) is 0 Å². The first-order valence-electron chi connectivity index (χ1n) is 9.81. The van der Waals surface area contributed by atoms with Crippen LogP contribution in [0.3, 0.4) is 0 Å². The number of alkyl carbamates (subject to hydrolysis) is 1. The van der Waals surface area contributed by atoms with Crippen molar-refractivity contribution in [2.75, 3.05) is 19.7 Å². The Morgan fingerprint density at radius 3 is 2.69 bits per heavy atom. The molecule has 5 nitrogen and oxygen atoms in total. The van der Waals surface area contributed by atoms with Crippen LogP contribution >= 0.6 is 0 Å². The first-order valence-corrected chi connectivity index (χ1v) is 9.81. The van der Waals surface area contributed by atoms with Crippen molar-refractivity contribution in [1.82, 2.24) is 10.2 Å². The highest BCUT2D eigenvalue weighted by Crippen LogP contribution is 2.59. The molecule has 1 saturated heterocycles. The molecule has 0 spiro atoms. The Morgan fingerprint density at radius 1 is 1.27 bits per heavy atom. The van der Waals surface area contributed by atoms with E-state index in [0.29, 0.717) is 12.5 Å². The molecule has 1 aromatic carbocycles. The summed E-state index contributed by atoms with van der Waals surface area (Å²) in [6.45, 7) is 6.26. The number of piperidine rings is 1. The lowest BCUT2D eigenvalue weighted by Gasteiger charge is -2.37. The molecular formula is C21H28N2O3. The third-order valence-electron chi connectivity index (χ3n) is 6.33. The van der Waals surface area contributed by atoms with Crippen molar-refractivity contribution in [3.63, 3.8) is 0 Å². The quantitative estimate of drug-likeness (QED) is 0.882. The van der Waals surface area contributed by atoms with Gasteiger partial charge in [-0.2, -0.15) is 0 Å². The first-order chi connectivity index (χ1) is 12.5. The summed E-state index contributed by atoms with van der Waals surface area (Å²) in [5.74, 6) is 0.940. The second-order valence-corrected chi connectivity index (χ2v) is 8.29. The number of aryl methyl sites for hydroxylation is 1. The Morgan fingerprint density at radius 2 is 2.00 bits per heavy atom. The lowest BCUT2D eigenvalue weighted by Crippen LogP contribution is -2.50. The van der Waals surface area contributed by atoms with E-state index in [0.717, 1.165) is 32.4 Å². The molecule has 0 aromatic heterocycles. The van der Waals surface area contributed by atoms with E-state index >= 15 is 0 Å². The van der Waals surface area contributed by atoms with Gasteiger partial charge < -0.3 is 15.0 Å². The molecule has 3 fully saturated rings. The van der Waals surface area contributed by atoms with Gasteiger partial charge in [-0.3, -0.25) is 4.79 Å². The molecule has 26 heavy (non-hydrogen) atoms. The fourth-order valence-electron chi connectivity index (χ4n) is 4.58. The number of nitrogens with one attached hydrogen (secondary N) is 1. The van der Waals surface area contributed by atoms with Gasteiger partial charge in [0.1, 0.15) is 0 Å². The third kappa shape index (κ3) is 3.08. The zero-order valence-electron chi connectivity index (χ0n) is 15.7. The minimum atomic E-state index is -0.358. The smallest absolute Gasteiger partial charge is 0.407 e. The molecule has 1 heterocycles. The molecule has 2 saturated carbocycles. The molecule has 1 aromatic rings. The third-order valence-corrected chi connectivity index (χ3v) is 6.33. The zero-order valence-corrected chi connectivity index (χ0v) is 15.7. The molecule has 0 bridgehead atoms. The Hall–Kier alpha value is -2.04. The predicted octanol–water partition coefficient (Wildman–Crippen LogP) is 3.01. The number of rotatable bonds is 5. The minimum Gasteiger partial charge on any atom is -0.450 e. The van der Waals surface area contributed by atoms with Crippen LogP contribution in [-0.2, 0) is 14.9 Å². The van der Waals surface area contributed by atoms with Crippen molar-refractivity contribution >= 4 is 12.0 Å². The van der Waals surface area contributed by atoms with E-state index < -0.39 is 0 Å². The van der Waals surface area contributed by atoms with Crippen molar-refractivity contribution in [3.8, 4) is 0 Å². The average Bonchev–Trinajstić information content (AvgIpc) is 3.17. The van der Waals surface area contributed by atoms with Crippen LogP contribution in [0.5, 0.6) is 0 Å². The Balaban J connectivity index is 1.27. The second kappa shape index (κ2) is 6.60. The summed E-state index contributed by atoms with van der Waals surface area (Å²) >= 11 is 0. The van der Waals surface area contributed by atoms with Crippen molar-refractivity contribution < 1.29 is 14.3 Å². The summed E-state index contributed by atoms with van der Waals surface area (Å²) in [6.07, 6.45) is 3.14. The van der Waals surface area contributed by atoms with Gasteiger partial charge in [0.2, 0.25) is 5.91 Å². The molecule has 0 radical (unpaired) electrons. The van der Waals surface area contributed by atoms with E-state index in [-0.39, 0.29) is 29.4 Å². The number of carbonyl (C=O) groups excluding carboxylic acids is 2. The van der Waals surface area contributed by atoms with Crippen LogP contribution in [0.2, 0.25) is 0 Å². The maximum Gasteiger partial charge on any atom is 0.407 e. The minimum absolute atomic E-state index is 0.0547. The maximum atomic E-state index is 12.8. The number of nitrogens with zero attached hydrogens (tertiary/aromatic N) is 1. The molecule has 4 rings (SSSR count). The van der Waals surface area contributed by atoms with Gasteiger partial charge in [0.15, 0.2) is 0 Å². The van der Waals surface area contributed by atoms with Gasteiger partial charge >= 0.3 is 6.09 Å². The molecular weight excluding hydrogens is 328 g/mol. The predicted molar refractivity (Wildman–Crippen MR) is 98.8 cm³/mol. The molecule has 0 unspecified atom stereocenters. The van der Waals surface area contributed by atoms with Crippen molar-refractivity contribution in [2.45, 2.75) is 51.0 Å². The van der Waals surface area contributed by atoms with Crippen molar-refractivity contribution in [3.05, 3.63) is 35.4 Å². The number of carbonyl (C=O) groups is 2. The van der Waals surface area contributed by atoms with Crippen LogP contribution in [0.1, 0.15) is 43.7 Å². The number of hydrogen-bond donors (Lipinski definition) is 1. The summed E-state index contributed by atoms with van der Waals surface area (Å²) in [7, 11) is 0. The first kappa shape index (κ1) is 17.4. The highest BCUT2D eigenvalue weighted by atomic mass is 16.5. The summed E-state index contributed by atoms with van der Waals surface area (Å²) in [4.78, 5) is 26.4. The molecule has 2 aliphatic carbocycles. The Labute approximate surface area is 155 Å². The van der Waals surface area contributed by atoms with E-state index in [1.807, 2.05) is 6.92 Å². The fraction of sp³-hybridized carbons (Fsp3) is 0.619. The maximum absolute atomic E-state index is 12.8. The number of ether oxygens (including phenoxy) is 1. The molecule has 1 N–H and O–H groups in total. The summed E-state index contributed by atoms with van der Waals surface area (Å²) in [5.41, 5.74) is 2.86. The van der Waals surface area contributed by atoms with Gasteiger partial charge in [-0.05, 0) is 44.1 Å². The molecule has 3 aliphatic rings. The number of benzene rings is 1. The fourth-order valence-corrected chi connectivity index (χ4v) is 4.58. The largest absolute Gasteiger partial charge is 0.450 e. The topological polar surface area (TPSA) is 58.6 Å². The van der Waals surface area contributed by atoms with Crippen LogP contribution in [0, 0.1) is 18.8 Å². The zero-order chi connectivity index (χ0) is 18.3. The van der Waals surface area contributed by atoms with Crippen LogP contribution in [0.15, 0.2) is 24.3 Å². The lowest BCUT2D eigenvalue weighted by atomic mass is 9.79. The van der Waals surface area contributed by atoms with Crippen LogP contribution in [-0.4, -0.2) is 42.6 Å². The Kier molecular flexibility index (Phi) is 4.41. The van der Waals surface area contributed by atoms with E-state index in [4.69, 9.17) is 4.74 Å². The molecule has 140 valence electrons. The monoisotopic (exact) mass is 356 g/mol. The highest BCUT2D eigenvalue weighted by molar-refractivity contribution is 5.81. The molecule has 2 atom stereocenters. The SMILES string of the molecule is CCCOC(=O)NC1CC(C(=O)N2C[C@@H]3C[C@]3(c3ccc(C)cc3)C2)C1. The highest BCUT2D eigenvalue weighted by Gasteiger charge is 2.62. The number of likely N-dealkylation sites (tertiary alicyclic amines) is 1. The average molecular weight is 356 g/mol. The lowest BCUT2D eigenvalue weighted by molar-refractivity contribution is -0.138. The van der Waals surface area contributed by atoms with E-state index in [9.17, 15) is 9.59 Å². The van der Waals surface area contributed by atoms with Gasteiger partial charge in [0.05, 0.1) is 6.61 Å². The molecule has 1 aliphatic heterocycles. The van der Waals surface area contributed by atoms with E-state index in [1.165, 1.54) is 17.5 Å². The number of fused-ring (bicyclic) bond motifs is 1. The summed E-state index contributed by atoms with van der Waals surface area (Å²) < 4.78 is 5.04. The molecule has 2 amide bonds. The summed E-state index contributed by atoms with van der Waals surface area (Å²) in [6, 6.07) is 8.88. The van der Waals surface area contributed by atoms with Crippen LogP contribution in [0.4, 0.5) is 4.79 Å². The Bertz CT molecular complexity index is 696. The molecule has 5 heteroatoms. The standard InChI is InChI=1S/C21H28N2O3/c1-3-8-26-20(25)22-18-9-15(10-18)19(24)23-12-17-11-21(17,13-23)16-6-4-14(2)5-7-16/h4-7,15,17-18H,3,8-13H2,1-2H3,(H,22,25)/t15?,17-,18?,21+/m0/s1. The van der Waals surface area contributed by atoms with Crippen LogP contribution in [0.25, 0.3) is 0 Å². The van der Waals surface area contributed by atoms with Crippen molar-refractivity contribution in [1.29, 1.82) is 0 Å².